The predicted octanol–water partition coefficient (Wildman–Crippen LogP) is 0.694. The van der Waals surface area contributed by atoms with Crippen molar-refractivity contribution in [3.63, 3.8) is 0 Å². The third kappa shape index (κ3) is 3.13. The summed E-state index contributed by atoms with van der Waals surface area (Å²) in [7, 11) is 0. The van der Waals surface area contributed by atoms with Crippen LogP contribution in [0.5, 0.6) is 0 Å². The van der Waals surface area contributed by atoms with E-state index in [1.54, 1.807) is 12.1 Å². The zero-order valence-electron chi connectivity index (χ0n) is 14.9. The van der Waals surface area contributed by atoms with Crippen LogP contribution in [0.2, 0.25) is 0 Å². The number of amides is 1. The maximum atomic E-state index is 12.6. The Morgan fingerprint density at radius 2 is 2.15 bits per heavy atom. The lowest BCUT2D eigenvalue weighted by Crippen LogP contribution is -2.59. The Bertz CT molecular complexity index is 790. The molecule has 8 heteroatoms. The molecule has 0 spiro atoms. The van der Waals surface area contributed by atoms with Crippen molar-refractivity contribution >= 4 is 11.6 Å². The van der Waals surface area contributed by atoms with Crippen LogP contribution in [0.25, 0.3) is 0 Å². The van der Waals surface area contributed by atoms with Crippen molar-refractivity contribution in [3.05, 3.63) is 29.8 Å². The summed E-state index contributed by atoms with van der Waals surface area (Å²) in [5.41, 5.74) is 4.49. The molecule has 27 heavy (non-hydrogen) atoms. The van der Waals surface area contributed by atoms with Crippen molar-refractivity contribution in [2.24, 2.45) is 5.92 Å². The van der Waals surface area contributed by atoms with Crippen LogP contribution in [-0.2, 0) is 9.53 Å². The summed E-state index contributed by atoms with van der Waals surface area (Å²) in [4.78, 5) is 12.6. The lowest BCUT2D eigenvalue weighted by Gasteiger charge is -2.41. The smallest absolute Gasteiger partial charge is 0.228 e. The molecule has 3 N–H and O–H groups in total. The number of nitrogens with one attached hydrogen (secondary N) is 3. The van der Waals surface area contributed by atoms with Crippen molar-refractivity contribution in [1.29, 1.82) is 10.5 Å². The van der Waals surface area contributed by atoms with Crippen LogP contribution in [0.15, 0.2) is 24.3 Å². The number of nitriles is 2. The second-order valence-corrected chi connectivity index (χ2v) is 7.34. The van der Waals surface area contributed by atoms with E-state index in [9.17, 15) is 10.1 Å². The molecule has 0 aromatic heterocycles. The number of hydrazine groups is 1. The summed E-state index contributed by atoms with van der Waals surface area (Å²) in [6, 6.07) is 11.6. The zero-order chi connectivity index (χ0) is 18.9. The quantitative estimate of drug-likeness (QED) is 0.719. The number of carbonyl (C=O) groups is 1. The fourth-order valence-electron chi connectivity index (χ4n) is 4.39. The molecule has 3 heterocycles. The highest BCUT2D eigenvalue weighted by atomic mass is 16.5. The molecule has 140 valence electrons. The molecule has 3 saturated heterocycles. The lowest BCUT2D eigenvalue weighted by molar-refractivity contribution is -0.128. The lowest BCUT2D eigenvalue weighted by atomic mass is 9.86. The largest absolute Gasteiger partial charge is 0.379 e. The van der Waals surface area contributed by atoms with Gasteiger partial charge in [-0.2, -0.15) is 10.5 Å². The number of piperidine rings is 1. The van der Waals surface area contributed by atoms with E-state index in [0.717, 1.165) is 18.5 Å². The number of hydrogen-bond acceptors (Lipinski definition) is 7. The molecule has 1 aromatic rings. The number of benzene rings is 1. The molecule has 0 bridgehead atoms. The Kier molecular flexibility index (Phi) is 4.71. The highest BCUT2D eigenvalue weighted by molar-refractivity contribution is 5.82. The van der Waals surface area contributed by atoms with Crippen molar-refractivity contribution < 1.29 is 9.53 Å². The highest BCUT2D eigenvalue weighted by Gasteiger charge is 2.55. The van der Waals surface area contributed by atoms with Crippen LogP contribution in [0, 0.1) is 28.6 Å². The van der Waals surface area contributed by atoms with E-state index in [2.05, 4.69) is 33.2 Å². The predicted molar refractivity (Wildman–Crippen MR) is 96.8 cm³/mol. The zero-order valence-corrected chi connectivity index (χ0v) is 14.9. The minimum Gasteiger partial charge on any atom is -0.379 e. The SMILES string of the molecule is N#CC[C@@]1(N2NC(Nc3ccc(C#N)cc3)C3C(=O)NCCC32)CCOC1. The molecule has 1 aromatic carbocycles. The molecule has 3 aliphatic heterocycles. The summed E-state index contributed by atoms with van der Waals surface area (Å²) in [6.45, 7) is 1.74. The second-order valence-electron chi connectivity index (χ2n) is 7.34. The Balaban J connectivity index is 1.61. The molecular formula is C19H22N6O2. The summed E-state index contributed by atoms with van der Waals surface area (Å²) in [5.74, 6) is -0.260. The average Bonchev–Trinajstić information content (AvgIpc) is 3.29. The van der Waals surface area contributed by atoms with Gasteiger partial charge < -0.3 is 15.4 Å². The molecule has 0 radical (unpaired) electrons. The molecule has 3 aliphatic rings. The van der Waals surface area contributed by atoms with Crippen LogP contribution in [-0.4, -0.2) is 48.4 Å². The van der Waals surface area contributed by atoms with Gasteiger partial charge in [0.05, 0.1) is 42.2 Å². The van der Waals surface area contributed by atoms with Gasteiger partial charge in [0.1, 0.15) is 6.17 Å². The van der Waals surface area contributed by atoms with Gasteiger partial charge in [0, 0.05) is 24.9 Å². The number of anilines is 1. The van der Waals surface area contributed by atoms with E-state index >= 15 is 0 Å². The van der Waals surface area contributed by atoms with E-state index in [4.69, 9.17) is 10.00 Å². The van der Waals surface area contributed by atoms with E-state index < -0.39 is 5.54 Å². The number of ether oxygens (including phenoxy) is 1. The number of rotatable bonds is 4. The first-order chi connectivity index (χ1) is 13.2. The van der Waals surface area contributed by atoms with Crippen LogP contribution in [0.1, 0.15) is 24.8 Å². The minimum atomic E-state index is -0.406. The van der Waals surface area contributed by atoms with Gasteiger partial charge in [-0.15, -0.1) is 0 Å². The fraction of sp³-hybridized carbons (Fsp3) is 0.526. The topological polar surface area (TPSA) is 113 Å². The van der Waals surface area contributed by atoms with Crippen LogP contribution in [0.3, 0.4) is 0 Å². The maximum absolute atomic E-state index is 12.6. The minimum absolute atomic E-state index is 0.00433. The van der Waals surface area contributed by atoms with Gasteiger partial charge in [0.25, 0.3) is 0 Å². The molecule has 4 atom stereocenters. The van der Waals surface area contributed by atoms with Crippen LogP contribution >= 0.6 is 0 Å². The monoisotopic (exact) mass is 366 g/mol. The first-order valence-electron chi connectivity index (χ1n) is 9.21. The molecule has 0 aliphatic carbocycles. The molecule has 0 saturated carbocycles. The number of fused-ring (bicyclic) bond motifs is 1. The summed E-state index contributed by atoms with van der Waals surface area (Å²) < 4.78 is 5.63. The van der Waals surface area contributed by atoms with Crippen LogP contribution in [0.4, 0.5) is 5.69 Å². The number of hydrogen-bond donors (Lipinski definition) is 3. The van der Waals surface area contributed by atoms with Crippen molar-refractivity contribution in [2.45, 2.75) is 37.0 Å². The fourth-order valence-corrected chi connectivity index (χ4v) is 4.39. The van der Waals surface area contributed by atoms with Gasteiger partial charge in [-0.3, -0.25) is 4.79 Å². The highest BCUT2D eigenvalue weighted by Crippen LogP contribution is 2.38. The van der Waals surface area contributed by atoms with E-state index in [1.807, 2.05) is 12.1 Å². The summed E-state index contributed by atoms with van der Waals surface area (Å²) >= 11 is 0. The van der Waals surface area contributed by atoms with E-state index in [0.29, 0.717) is 31.7 Å². The molecular weight excluding hydrogens is 344 g/mol. The van der Waals surface area contributed by atoms with Crippen molar-refractivity contribution in [3.8, 4) is 12.1 Å². The Morgan fingerprint density at radius 3 is 2.81 bits per heavy atom. The van der Waals surface area contributed by atoms with Gasteiger partial charge in [-0.05, 0) is 37.1 Å². The van der Waals surface area contributed by atoms with Gasteiger partial charge in [0.2, 0.25) is 5.91 Å². The Morgan fingerprint density at radius 1 is 1.33 bits per heavy atom. The Hall–Kier alpha value is -2.65. The van der Waals surface area contributed by atoms with E-state index in [1.165, 1.54) is 0 Å². The normalized spacial score (nSPS) is 33.0. The van der Waals surface area contributed by atoms with Crippen molar-refractivity contribution in [1.82, 2.24) is 15.8 Å². The van der Waals surface area contributed by atoms with Gasteiger partial charge in [-0.1, -0.05) is 0 Å². The molecule has 1 amide bonds. The molecule has 3 fully saturated rings. The van der Waals surface area contributed by atoms with E-state index in [-0.39, 0.29) is 24.0 Å². The summed E-state index contributed by atoms with van der Waals surface area (Å²) in [6.07, 6.45) is 1.65. The Labute approximate surface area is 158 Å². The van der Waals surface area contributed by atoms with Gasteiger partial charge in [0.15, 0.2) is 0 Å². The molecule has 4 rings (SSSR count). The average molecular weight is 366 g/mol. The van der Waals surface area contributed by atoms with Crippen LogP contribution < -0.4 is 16.1 Å². The first-order valence-corrected chi connectivity index (χ1v) is 9.21. The van der Waals surface area contributed by atoms with Gasteiger partial charge in [-0.25, -0.2) is 10.4 Å². The number of carbonyl (C=O) groups excluding carboxylic acids is 1. The maximum Gasteiger partial charge on any atom is 0.228 e. The third-order valence-electron chi connectivity index (χ3n) is 5.76. The summed E-state index contributed by atoms with van der Waals surface area (Å²) in [5, 5.41) is 26.8. The molecule has 8 nitrogen and oxygen atoms in total. The number of nitrogens with zero attached hydrogens (tertiary/aromatic N) is 3. The molecule has 3 unspecified atom stereocenters. The van der Waals surface area contributed by atoms with Gasteiger partial charge >= 0.3 is 0 Å². The first kappa shape index (κ1) is 17.7. The third-order valence-corrected chi connectivity index (χ3v) is 5.76. The van der Waals surface area contributed by atoms with Crippen molar-refractivity contribution in [2.75, 3.05) is 25.1 Å². The second kappa shape index (κ2) is 7.16. The standard InChI is InChI=1S/C19H22N6O2/c20-8-6-19(7-10-27-12-19)25-15-5-9-22-18(26)16(15)17(24-25)23-14-3-1-13(11-21)2-4-14/h1-4,15-17,23-24H,5-7,9-10,12H2,(H,22,26)/t15?,16?,17?,19-/m1/s1.